The van der Waals surface area contributed by atoms with E-state index in [1.165, 1.54) is 11.3 Å². The van der Waals surface area contributed by atoms with E-state index in [1.807, 2.05) is 23.6 Å². The first-order chi connectivity index (χ1) is 10.8. The Kier molecular flexibility index (Phi) is 2.90. The molecule has 1 aromatic carbocycles. The number of H-pyrrole nitrogens is 3. The summed E-state index contributed by atoms with van der Waals surface area (Å²) in [4.78, 5) is 19.1. The largest absolute Gasteiger partial charge is 0.320 e. The molecule has 0 bridgehead atoms. The molecule has 0 saturated heterocycles. The van der Waals surface area contributed by atoms with Gasteiger partial charge < -0.3 is 5.32 Å². The zero-order chi connectivity index (χ0) is 14.9. The van der Waals surface area contributed by atoms with Gasteiger partial charge in [-0.2, -0.15) is 5.21 Å². The van der Waals surface area contributed by atoms with Crippen LogP contribution in [0, 0.1) is 0 Å². The quantitative estimate of drug-likeness (QED) is 0.531. The normalized spacial score (nSPS) is 10.9. The van der Waals surface area contributed by atoms with Crippen LogP contribution in [0.3, 0.4) is 0 Å². The highest BCUT2D eigenvalue weighted by molar-refractivity contribution is 7.12. The number of rotatable bonds is 3. The first-order valence-corrected chi connectivity index (χ1v) is 7.31. The zero-order valence-electron chi connectivity index (χ0n) is 11.1. The summed E-state index contributed by atoms with van der Waals surface area (Å²) in [5.74, 6) is 0.243. The van der Waals surface area contributed by atoms with Crippen molar-refractivity contribution < 1.29 is 9.78 Å². The number of carbonyl (C=O) groups excluding carboxylic acids is 1. The Morgan fingerprint density at radius 3 is 3.09 bits per heavy atom. The van der Waals surface area contributed by atoms with Gasteiger partial charge in [0.05, 0.1) is 16.1 Å². The molecular weight excluding hydrogens is 302 g/mol. The van der Waals surface area contributed by atoms with Crippen LogP contribution in [0.15, 0.2) is 36.0 Å². The average molecular weight is 312 g/mol. The van der Waals surface area contributed by atoms with E-state index in [0.717, 1.165) is 11.0 Å². The lowest BCUT2D eigenvalue weighted by Crippen LogP contribution is -2.11. The van der Waals surface area contributed by atoms with Crippen molar-refractivity contribution in [2.24, 2.45) is 0 Å². The number of tetrazole rings is 1. The van der Waals surface area contributed by atoms with Crippen LogP contribution in [-0.2, 0) is 0 Å². The third-order valence-electron chi connectivity index (χ3n) is 3.19. The molecule has 9 heteroatoms. The smallest absolute Gasteiger partial charge is 0.265 e. The Morgan fingerprint density at radius 1 is 1.36 bits per heavy atom. The van der Waals surface area contributed by atoms with Gasteiger partial charge in [-0.05, 0) is 16.7 Å². The third-order valence-corrected chi connectivity index (χ3v) is 4.06. The van der Waals surface area contributed by atoms with Crippen molar-refractivity contribution in [1.29, 1.82) is 0 Å². The summed E-state index contributed by atoms with van der Waals surface area (Å²) < 4.78 is 0. The van der Waals surface area contributed by atoms with Gasteiger partial charge in [0, 0.05) is 12.1 Å². The molecule has 0 aliphatic heterocycles. The minimum atomic E-state index is -0.172. The van der Waals surface area contributed by atoms with Crippen molar-refractivity contribution in [1.82, 2.24) is 25.6 Å². The molecule has 0 radical (unpaired) electrons. The van der Waals surface area contributed by atoms with Crippen LogP contribution in [0.1, 0.15) is 9.67 Å². The molecule has 3 heterocycles. The number of hydrogen-bond donors (Lipinski definition) is 3. The lowest BCUT2D eigenvalue weighted by Gasteiger charge is -2.07. The highest BCUT2D eigenvalue weighted by Crippen LogP contribution is 2.28. The van der Waals surface area contributed by atoms with Crippen LogP contribution >= 0.6 is 11.3 Å². The van der Waals surface area contributed by atoms with Crippen LogP contribution in [0.4, 0.5) is 5.69 Å². The average Bonchev–Trinajstić information content (AvgIpc) is 3.27. The highest BCUT2D eigenvalue weighted by atomic mass is 32.1. The van der Waals surface area contributed by atoms with E-state index in [2.05, 4.69) is 35.9 Å². The Labute approximate surface area is 127 Å². The number of amides is 1. The van der Waals surface area contributed by atoms with Gasteiger partial charge in [-0.3, -0.25) is 4.79 Å². The Bertz CT molecular complexity index is 927. The Balaban J connectivity index is 1.81. The fourth-order valence-electron chi connectivity index (χ4n) is 2.19. The molecule has 4 N–H and O–H groups in total. The van der Waals surface area contributed by atoms with Crippen LogP contribution in [0.5, 0.6) is 0 Å². The van der Waals surface area contributed by atoms with Crippen molar-refractivity contribution in [2.45, 2.75) is 0 Å². The summed E-state index contributed by atoms with van der Waals surface area (Å²) in [5.41, 5.74) is 3.05. The van der Waals surface area contributed by atoms with Crippen molar-refractivity contribution in [3.8, 4) is 11.4 Å². The number of aromatic nitrogens is 6. The lowest BCUT2D eigenvalue weighted by molar-refractivity contribution is -0.344. The van der Waals surface area contributed by atoms with Crippen molar-refractivity contribution in [3.05, 3.63) is 40.8 Å². The summed E-state index contributed by atoms with van der Waals surface area (Å²) in [6.45, 7) is 0. The van der Waals surface area contributed by atoms with E-state index in [-0.39, 0.29) is 5.91 Å². The summed E-state index contributed by atoms with van der Waals surface area (Å²) >= 11 is 1.38. The number of carbonyl (C=O) groups is 1. The molecule has 0 aliphatic rings. The number of fused-ring (bicyclic) bond motifs is 1. The molecule has 4 aromatic rings. The lowest BCUT2D eigenvalue weighted by atomic mass is 10.1. The summed E-state index contributed by atoms with van der Waals surface area (Å²) in [5, 5.41) is 18.7. The van der Waals surface area contributed by atoms with E-state index in [4.69, 9.17) is 0 Å². The number of aromatic amines is 3. The van der Waals surface area contributed by atoms with E-state index in [9.17, 15) is 4.79 Å². The number of thiophene rings is 1. The topological polar surface area (TPSA) is 113 Å². The highest BCUT2D eigenvalue weighted by Gasteiger charge is 2.17. The monoisotopic (exact) mass is 312 g/mol. The van der Waals surface area contributed by atoms with Crippen LogP contribution in [0.2, 0.25) is 0 Å². The maximum Gasteiger partial charge on any atom is 0.265 e. The van der Waals surface area contributed by atoms with Gasteiger partial charge in [-0.1, -0.05) is 6.07 Å². The fraction of sp³-hybridized carbons (Fsp3) is 0. The molecule has 1 amide bonds. The second kappa shape index (κ2) is 5.04. The summed E-state index contributed by atoms with van der Waals surface area (Å²) in [7, 11) is 0. The van der Waals surface area contributed by atoms with Gasteiger partial charge in [0.1, 0.15) is 0 Å². The molecular formula is C13H10N7OS+. The van der Waals surface area contributed by atoms with Gasteiger partial charge in [0.2, 0.25) is 12.2 Å². The molecule has 0 spiro atoms. The maximum atomic E-state index is 12.3. The molecule has 3 aromatic heterocycles. The van der Waals surface area contributed by atoms with Gasteiger partial charge in [0.25, 0.3) is 5.91 Å². The minimum absolute atomic E-state index is 0.172. The number of nitrogens with one attached hydrogen (secondary N) is 4. The summed E-state index contributed by atoms with van der Waals surface area (Å²) in [6, 6.07) is 7.31. The Morgan fingerprint density at radius 2 is 2.32 bits per heavy atom. The number of anilines is 1. The maximum absolute atomic E-state index is 12.3. The third kappa shape index (κ3) is 2.13. The predicted octanol–water partition coefficient (Wildman–Crippen LogP) is 1.48. The molecule has 0 saturated carbocycles. The SMILES string of the molecule is O=C(Nc1cc2[nH+]c[nH]c2cc1-c1nn[nH]n1)c1cccs1. The van der Waals surface area contributed by atoms with Crippen LogP contribution < -0.4 is 10.3 Å². The molecule has 108 valence electrons. The van der Waals surface area contributed by atoms with E-state index >= 15 is 0 Å². The molecule has 8 nitrogen and oxygen atoms in total. The number of benzene rings is 1. The Hall–Kier alpha value is -3.07. The van der Waals surface area contributed by atoms with Crippen molar-refractivity contribution in [3.63, 3.8) is 0 Å². The standard InChI is InChI=1S/C13H9N7OS/c21-13(11-2-1-3-22-11)16-8-5-10-9(14-6-15-10)4-7(8)12-17-19-20-18-12/h1-6H,(H,14,15)(H,16,21)(H,17,18,19,20)/p+1. The van der Waals surface area contributed by atoms with Gasteiger partial charge in [-0.15, -0.1) is 21.5 Å². The number of imidazole rings is 1. The van der Waals surface area contributed by atoms with Crippen LogP contribution in [-0.4, -0.2) is 31.5 Å². The predicted molar refractivity (Wildman–Crippen MR) is 80.3 cm³/mol. The molecule has 0 unspecified atom stereocenters. The van der Waals surface area contributed by atoms with Crippen LogP contribution in [0.25, 0.3) is 22.4 Å². The summed E-state index contributed by atoms with van der Waals surface area (Å²) in [6.07, 6.45) is 1.72. The fourth-order valence-corrected chi connectivity index (χ4v) is 2.81. The first-order valence-electron chi connectivity index (χ1n) is 6.43. The molecule has 0 aliphatic carbocycles. The molecule has 0 atom stereocenters. The molecule has 4 rings (SSSR count). The van der Waals surface area contributed by atoms with Gasteiger partial charge in [0.15, 0.2) is 11.0 Å². The molecule has 0 fully saturated rings. The number of hydrogen-bond acceptors (Lipinski definition) is 5. The minimum Gasteiger partial charge on any atom is -0.320 e. The number of nitrogens with zero attached hydrogens (tertiary/aromatic N) is 3. The van der Waals surface area contributed by atoms with E-state index in [1.54, 1.807) is 12.4 Å². The zero-order valence-corrected chi connectivity index (χ0v) is 11.9. The van der Waals surface area contributed by atoms with Crippen molar-refractivity contribution >= 4 is 34.0 Å². The van der Waals surface area contributed by atoms with Crippen molar-refractivity contribution in [2.75, 3.05) is 5.32 Å². The first kappa shape index (κ1) is 12.7. The second-order valence-electron chi connectivity index (χ2n) is 4.54. The van der Waals surface area contributed by atoms with Gasteiger partial charge in [-0.25, -0.2) is 9.97 Å². The van der Waals surface area contributed by atoms with Gasteiger partial charge >= 0.3 is 0 Å². The van der Waals surface area contributed by atoms with E-state index in [0.29, 0.717) is 22.0 Å². The van der Waals surface area contributed by atoms with E-state index < -0.39 is 0 Å². The molecule has 22 heavy (non-hydrogen) atoms. The second-order valence-corrected chi connectivity index (χ2v) is 5.49.